The Morgan fingerprint density at radius 3 is 2.71 bits per heavy atom. The van der Waals surface area contributed by atoms with Crippen molar-refractivity contribution in [1.82, 2.24) is 15.5 Å². The molecule has 0 radical (unpaired) electrons. The number of hydrogen-bond acceptors (Lipinski definition) is 6. The van der Waals surface area contributed by atoms with Crippen molar-refractivity contribution in [2.24, 2.45) is 11.7 Å². The van der Waals surface area contributed by atoms with Gasteiger partial charge in [-0.05, 0) is 19.3 Å². The smallest absolute Gasteiger partial charge is 0.380 e. The molecule has 0 spiro atoms. The van der Waals surface area contributed by atoms with Crippen LogP contribution >= 0.6 is 12.4 Å². The summed E-state index contributed by atoms with van der Waals surface area (Å²) in [4.78, 5) is 15.3. The predicted octanol–water partition coefficient (Wildman–Crippen LogP) is 1.31. The second-order valence-electron chi connectivity index (χ2n) is 5.50. The number of nitrogens with one attached hydrogen (secondary N) is 1. The first kappa shape index (κ1) is 20.7. The molecule has 1 fully saturated rings. The zero-order valence-electron chi connectivity index (χ0n) is 13.0. The minimum atomic E-state index is -4.66. The number of nitrogens with two attached hydrogens (primary N) is 1. The number of rotatable bonds is 5. The number of nitrogens with zero attached hydrogens (tertiary/aromatic N) is 2. The van der Waals surface area contributed by atoms with E-state index in [2.05, 4.69) is 20.0 Å². The van der Waals surface area contributed by atoms with Crippen LogP contribution in [-0.4, -0.2) is 41.8 Å². The van der Waals surface area contributed by atoms with Crippen LogP contribution < -0.4 is 11.1 Å². The van der Waals surface area contributed by atoms with Gasteiger partial charge in [-0.1, -0.05) is 5.16 Å². The molecule has 24 heavy (non-hydrogen) atoms. The van der Waals surface area contributed by atoms with Crippen LogP contribution in [0.15, 0.2) is 4.52 Å². The Bertz CT molecular complexity index is 541. The van der Waals surface area contributed by atoms with Crippen molar-refractivity contribution in [3.05, 3.63) is 11.7 Å². The SMILES string of the molecule is CO[C@@H]1CC[C@H](C(=O)NCCc2noc(C(F)(F)F)n2)C[C@H]1N.Cl. The number of carbonyl (C=O) groups is 1. The van der Waals surface area contributed by atoms with Crippen LogP contribution in [-0.2, 0) is 22.1 Å². The van der Waals surface area contributed by atoms with Gasteiger partial charge in [-0.25, -0.2) is 0 Å². The molecule has 0 bridgehead atoms. The normalized spacial score (nSPS) is 24.3. The molecule has 1 aromatic heterocycles. The van der Waals surface area contributed by atoms with E-state index in [1.165, 1.54) is 0 Å². The molecule has 11 heteroatoms. The lowest BCUT2D eigenvalue weighted by atomic mass is 9.83. The predicted molar refractivity (Wildman–Crippen MR) is 79.4 cm³/mol. The Balaban J connectivity index is 0.00000288. The fraction of sp³-hybridized carbons (Fsp3) is 0.769. The zero-order chi connectivity index (χ0) is 17.0. The number of carbonyl (C=O) groups excluding carboxylic acids is 1. The maximum Gasteiger partial charge on any atom is 0.471 e. The molecule has 1 saturated carbocycles. The van der Waals surface area contributed by atoms with Gasteiger partial charge in [0.1, 0.15) is 0 Å². The van der Waals surface area contributed by atoms with Crippen LogP contribution in [0.3, 0.4) is 0 Å². The van der Waals surface area contributed by atoms with Crippen molar-refractivity contribution in [2.75, 3.05) is 13.7 Å². The molecule has 1 aliphatic rings. The number of amides is 1. The van der Waals surface area contributed by atoms with Crippen LogP contribution in [0.25, 0.3) is 0 Å². The molecule has 138 valence electrons. The highest BCUT2D eigenvalue weighted by Crippen LogP contribution is 2.27. The van der Waals surface area contributed by atoms with Gasteiger partial charge in [-0.15, -0.1) is 12.4 Å². The molecule has 0 saturated heterocycles. The summed E-state index contributed by atoms with van der Waals surface area (Å²) in [5.74, 6) is -1.87. The Morgan fingerprint density at radius 1 is 1.46 bits per heavy atom. The number of ether oxygens (including phenoxy) is 1. The first-order valence-corrected chi connectivity index (χ1v) is 7.27. The van der Waals surface area contributed by atoms with E-state index in [1.54, 1.807) is 7.11 Å². The van der Waals surface area contributed by atoms with E-state index in [9.17, 15) is 18.0 Å². The van der Waals surface area contributed by atoms with Gasteiger partial charge in [0.15, 0.2) is 5.82 Å². The first-order chi connectivity index (χ1) is 10.8. The number of methoxy groups -OCH3 is 1. The highest BCUT2D eigenvalue weighted by Gasteiger charge is 2.38. The first-order valence-electron chi connectivity index (χ1n) is 7.27. The van der Waals surface area contributed by atoms with Crippen LogP contribution in [0.1, 0.15) is 31.0 Å². The molecule has 1 aromatic rings. The lowest BCUT2D eigenvalue weighted by Crippen LogP contribution is -2.45. The van der Waals surface area contributed by atoms with E-state index in [0.717, 1.165) is 0 Å². The van der Waals surface area contributed by atoms with Crippen molar-refractivity contribution in [1.29, 1.82) is 0 Å². The third kappa shape index (κ3) is 5.32. The molecular formula is C13H20ClF3N4O3. The zero-order valence-corrected chi connectivity index (χ0v) is 13.8. The van der Waals surface area contributed by atoms with Crippen molar-refractivity contribution >= 4 is 18.3 Å². The van der Waals surface area contributed by atoms with Crippen LogP contribution in [0, 0.1) is 5.92 Å². The minimum Gasteiger partial charge on any atom is -0.380 e. The standard InChI is InChI=1S/C13H19F3N4O3.ClH/c1-22-9-3-2-7(6-8(9)17)11(21)18-5-4-10-19-12(23-20-10)13(14,15)16;/h7-9H,2-6,17H2,1H3,(H,18,21);1H/t7-,8+,9+;/m0./s1. The van der Waals surface area contributed by atoms with Gasteiger partial charge in [0.05, 0.1) is 6.10 Å². The maximum absolute atomic E-state index is 12.3. The summed E-state index contributed by atoms with van der Waals surface area (Å²) in [5, 5.41) is 5.90. The Hall–Kier alpha value is -1.39. The van der Waals surface area contributed by atoms with Crippen molar-refractivity contribution in [3.63, 3.8) is 0 Å². The van der Waals surface area contributed by atoms with Crippen molar-refractivity contribution in [3.8, 4) is 0 Å². The van der Waals surface area contributed by atoms with E-state index in [4.69, 9.17) is 10.5 Å². The van der Waals surface area contributed by atoms with Crippen LogP contribution in [0.2, 0.25) is 0 Å². The molecule has 0 aliphatic heterocycles. The molecule has 1 heterocycles. The lowest BCUT2D eigenvalue weighted by molar-refractivity contribution is -0.159. The van der Waals surface area contributed by atoms with E-state index >= 15 is 0 Å². The number of aromatic nitrogens is 2. The number of hydrogen-bond donors (Lipinski definition) is 2. The second-order valence-corrected chi connectivity index (χ2v) is 5.50. The topological polar surface area (TPSA) is 103 Å². The molecule has 0 unspecified atom stereocenters. The minimum absolute atomic E-state index is 0. The largest absolute Gasteiger partial charge is 0.471 e. The van der Waals surface area contributed by atoms with Gasteiger partial charge in [0.2, 0.25) is 5.91 Å². The third-order valence-electron chi connectivity index (χ3n) is 3.87. The summed E-state index contributed by atoms with van der Waals surface area (Å²) in [5.41, 5.74) is 5.94. The molecule has 1 amide bonds. The Labute approximate surface area is 142 Å². The summed E-state index contributed by atoms with van der Waals surface area (Å²) in [6.07, 6.45) is -2.76. The summed E-state index contributed by atoms with van der Waals surface area (Å²) in [7, 11) is 1.59. The molecule has 2 rings (SSSR count). The Morgan fingerprint density at radius 2 is 2.17 bits per heavy atom. The van der Waals surface area contributed by atoms with Gasteiger partial charge in [-0.3, -0.25) is 4.79 Å². The molecule has 3 N–H and O–H groups in total. The lowest BCUT2D eigenvalue weighted by Gasteiger charge is -2.32. The van der Waals surface area contributed by atoms with E-state index in [1.807, 2.05) is 0 Å². The summed E-state index contributed by atoms with van der Waals surface area (Å²) < 4.78 is 46.2. The quantitative estimate of drug-likeness (QED) is 0.807. The van der Waals surface area contributed by atoms with E-state index in [0.29, 0.717) is 19.3 Å². The van der Waals surface area contributed by atoms with E-state index in [-0.39, 0.29) is 55.2 Å². The van der Waals surface area contributed by atoms with Crippen molar-refractivity contribution < 1.29 is 27.2 Å². The summed E-state index contributed by atoms with van der Waals surface area (Å²) >= 11 is 0. The fourth-order valence-corrected chi connectivity index (χ4v) is 2.62. The van der Waals surface area contributed by atoms with Gasteiger partial charge in [0, 0.05) is 32.0 Å². The maximum atomic E-state index is 12.3. The Kier molecular flexibility index (Phi) is 7.43. The van der Waals surface area contributed by atoms with Gasteiger partial charge >= 0.3 is 12.1 Å². The second kappa shape index (κ2) is 8.63. The molecule has 0 aromatic carbocycles. The highest BCUT2D eigenvalue weighted by atomic mass is 35.5. The van der Waals surface area contributed by atoms with Crippen molar-refractivity contribution in [2.45, 2.75) is 44.0 Å². The fourth-order valence-electron chi connectivity index (χ4n) is 2.62. The highest BCUT2D eigenvalue weighted by molar-refractivity contribution is 5.85. The van der Waals surface area contributed by atoms with Crippen LogP contribution in [0.4, 0.5) is 13.2 Å². The average molecular weight is 373 g/mol. The number of halogens is 4. The molecule has 1 aliphatic carbocycles. The van der Waals surface area contributed by atoms with Gasteiger partial charge in [-0.2, -0.15) is 18.2 Å². The molecule has 7 nitrogen and oxygen atoms in total. The van der Waals surface area contributed by atoms with E-state index < -0.39 is 12.1 Å². The van der Waals surface area contributed by atoms with Crippen LogP contribution in [0.5, 0.6) is 0 Å². The third-order valence-corrected chi connectivity index (χ3v) is 3.87. The average Bonchev–Trinajstić information content (AvgIpc) is 2.96. The van der Waals surface area contributed by atoms with Gasteiger partial charge in [0.25, 0.3) is 0 Å². The summed E-state index contributed by atoms with van der Waals surface area (Å²) in [6.45, 7) is 0.134. The van der Waals surface area contributed by atoms with Gasteiger partial charge < -0.3 is 20.3 Å². The summed E-state index contributed by atoms with van der Waals surface area (Å²) in [6, 6.07) is -0.198. The molecular weight excluding hydrogens is 353 g/mol. The number of alkyl halides is 3. The molecule has 3 atom stereocenters. The monoisotopic (exact) mass is 372 g/mol.